The third-order valence-corrected chi connectivity index (χ3v) is 9.19. The quantitative estimate of drug-likeness (QED) is 0.108. The third kappa shape index (κ3) is 7.68. The Kier molecular flexibility index (Phi) is 10.3. The van der Waals surface area contributed by atoms with E-state index in [-0.39, 0.29) is 29.9 Å². The van der Waals surface area contributed by atoms with Gasteiger partial charge in [-0.25, -0.2) is 9.50 Å². The zero-order valence-corrected chi connectivity index (χ0v) is 29.1. The molecule has 1 saturated heterocycles. The van der Waals surface area contributed by atoms with Gasteiger partial charge in [-0.05, 0) is 74.2 Å². The molecule has 5 amide bonds. The van der Waals surface area contributed by atoms with Crippen LogP contribution >= 0.6 is 0 Å². The molecule has 7 rings (SSSR count). The van der Waals surface area contributed by atoms with Gasteiger partial charge in [0.25, 0.3) is 11.8 Å². The number of methoxy groups -OCH3 is 1. The molecule has 5 aromatic rings. The molecule has 15 nitrogen and oxygen atoms in total. The normalized spacial score (nSPS) is 15.6. The number of hydrogen-bond donors (Lipinski definition) is 2. The maximum Gasteiger partial charge on any atom is 0.262 e. The van der Waals surface area contributed by atoms with E-state index in [4.69, 9.17) is 18.6 Å². The minimum Gasteiger partial charge on any atom is -0.497 e. The van der Waals surface area contributed by atoms with E-state index >= 15 is 0 Å². The molecule has 1 unspecified atom stereocenters. The number of amides is 5. The molecule has 0 aliphatic carbocycles. The average molecular weight is 723 g/mol. The van der Waals surface area contributed by atoms with Crippen molar-refractivity contribution >= 4 is 46.2 Å². The van der Waals surface area contributed by atoms with Crippen molar-refractivity contribution in [3.8, 4) is 28.8 Å². The summed E-state index contributed by atoms with van der Waals surface area (Å²) in [7, 11) is 1.62. The lowest BCUT2D eigenvalue weighted by Crippen LogP contribution is -2.54. The van der Waals surface area contributed by atoms with Crippen molar-refractivity contribution in [2.45, 2.75) is 57.4 Å². The van der Waals surface area contributed by atoms with Crippen LogP contribution in [0.25, 0.3) is 28.1 Å². The first kappa shape index (κ1) is 35.2. The standard InChI is InChI=1S/C38H38N6O9/c1-50-24-9-12-30-23(19-24)20-31(53-30)29-22-40-32-13-15-35(42-44(29)32)52-18-6-16-39-33(45)7-4-2-3-5-17-51-25-8-10-26-27(21-25)38(49)43(37(26)48)28-11-14-34(46)41-36(28)47/h8-10,12-13,15,19-22,28H,2-7,11,14,16-18H2,1H3,(H,39,45)(H,41,46,47). The number of benzene rings is 2. The smallest absolute Gasteiger partial charge is 0.262 e. The molecule has 0 bridgehead atoms. The van der Waals surface area contributed by atoms with Gasteiger partial charge < -0.3 is 23.9 Å². The highest BCUT2D eigenvalue weighted by atomic mass is 16.5. The van der Waals surface area contributed by atoms with Crippen LogP contribution in [0.5, 0.6) is 17.4 Å². The van der Waals surface area contributed by atoms with Crippen molar-refractivity contribution in [3.05, 3.63) is 71.9 Å². The molecule has 0 radical (unpaired) electrons. The number of hydrogen-bond acceptors (Lipinski definition) is 11. The Labute approximate surface area is 303 Å². The van der Waals surface area contributed by atoms with Gasteiger partial charge in [0.1, 0.15) is 28.8 Å². The first-order chi connectivity index (χ1) is 25.8. The summed E-state index contributed by atoms with van der Waals surface area (Å²) in [6.45, 7) is 1.26. The monoisotopic (exact) mass is 722 g/mol. The van der Waals surface area contributed by atoms with Crippen LogP contribution in [0, 0.1) is 0 Å². The minimum atomic E-state index is -1.01. The second-order valence-electron chi connectivity index (χ2n) is 12.8. The van der Waals surface area contributed by atoms with Crippen LogP contribution in [0.1, 0.15) is 72.1 Å². The first-order valence-electron chi connectivity index (χ1n) is 17.6. The number of carbonyl (C=O) groups excluding carboxylic acids is 5. The number of fused-ring (bicyclic) bond motifs is 3. The molecule has 2 aliphatic heterocycles. The lowest BCUT2D eigenvalue weighted by molar-refractivity contribution is -0.136. The SMILES string of the molecule is COc1ccc2oc(-c3cnc4ccc(OCCCNC(=O)CCCCCCOc5ccc6c(c5)C(=O)N(C5CCC(=O)NC5=O)C6=O)nn34)cc2c1. The number of imide groups is 2. The fourth-order valence-corrected chi connectivity index (χ4v) is 6.41. The summed E-state index contributed by atoms with van der Waals surface area (Å²) in [5.41, 5.74) is 2.46. The van der Waals surface area contributed by atoms with Crippen molar-refractivity contribution in [1.29, 1.82) is 0 Å². The molecular formula is C38H38N6O9. The molecule has 53 heavy (non-hydrogen) atoms. The van der Waals surface area contributed by atoms with Crippen molar-refractivity contribution in [1.82, 2.24) is 30.1 Å². The molecule has 2 aromatic carbocycles. The Balaban J connectivity index is 0.773. The summed E-state index contributed by atoms with van der Waals surface area (Å²) in [4.78, 5) is 67.3. The van der Waals surface area contributed by atoms with Crippen molar-refractivity contribution < 1.29 is 42.6 Å². The van der Waals surface area contributed by atoms with Gasteiger partial charge >= 0.3 is 0 Å². The Morgan fingerprint density at radius 1 is 0.906 bits per heavy atom. The van der Waals surface area contributed by atoms with Crippen LogP contribution < -0.4 is 24.8 Å². The molecule has 2 aliphatic rings. The largest absolute Gasteiger partial charge is 0.497 e. The number of unbranched alkanes of at least 4 members (excludes halogenated alkanes) is 3. The topological polar surface area (TPSA) is 184 Å². The highest BCUT2D eigenvalue weighted by Crippen LogP contribution is 2.32. The van der Waals surface area contributed by atoms with Crippen LogP contribution in [0.15, 0.2) is 65.2 Å². The van der Waals surface area contributed by atoms with E-state index in [1.54, 1.807) is 30.0 Å². The van der Waals surface area contributed by atoms with E-state index in [0.717, 1.165) is 47.3 Å². The summed E-state index contributed by atoms with van der Waals surface area (Å²) in [6.07, 6.45) is 6.10. The number of aromatic nitrogens is 3. The summed E-state index contributed by atoms with van der Waals surface area (Å²) in [5, 5.41) is 10.6. The number of carbonyl (C=O) groups is 5. The van der Waals surface area contributed by atoms with E-state index in [2.05, 4.69) is 20.7 Å². The van der Waals surface area contributed by atoms with Crippen LogP contribution in [-0.2, 0) is 14.4 Å². The van der Waals surface area contributed by atoms with Gasteiger partial charge in [-0.1, -0.05) is 12.8 Å². The Morgan fingerprint density at radius 3 is 2.57 bits per heavy atom. The predicted molar refractivity (Wildman–Crippen MR) is 190 cm³/mol. The maximum absolute atomic E-state index is 13.0. The van der Waals surface area contributed by atoms with Gasteiger partial charge in [-0.15, -0.1) is 5.10 Å². The van der Waals surface area contributed by atoms with E-state index in [1.165, 1.54) is 12.1 Å². The van der Waals surface area contributed by atoms with Gasteiger partial charge in [-0.2, -0.15) is 0 Å². The molecule has 3 aromatic heterocycles. The second-order valence-corrected chi connectivity index (χ2v) is 12.8. The van der Waals surface area contributed by atoms with Crippen molar-refractivity contribution in [2.24, 2.45) is 0 Å². The summed E-state index contributed by atoms with van der Waals surface area (Å²) in [5.74, 6) is 0.0362. The predicted octanol–water partition coefficient (Wildman–Crippen LogP) is 4.47. The van der Waals surface area contributed by atoms with Crippen LogP contribution in [0.4, 0.5) is 0 Å². The molecule has 0 spiro atoms. The fourth-order valence-electron chi connectivity index (χ4n) is 6.41. The highest BCUT2D eigenvalue weighted by molar-refractivity contribution is 6.23. The molecule has 1 fully saturated rings. The van der Waals surface area contributed by atoms with E-state index in [0.29, 0.717) is 61.3 Å². The zero-order valence-electron chi connectivity index (χ0n) is 29.1. The van der Waals surface area contributed by atoms with Crippen molar-refractivity contribution in [2.75, 3.05) is 26.9 Å². The van der Waals surface area contributed by atoms with Gasteiger partial charge in [0, 0.05) is 30.8 Å². The highest BCUT2D eigenvalue weighted by Gasteiger charge is 2.44. The number of ether oxygens (including phenoxy) is 3. The van der Waals surface area contributed by atoms with Crippen LogP contribution in [-0.4, -0.2) is 81.9 Å². The van der Waals surface area contributed by atoms with Crippen LogP contribution in [0.3, 0.4) is 0 Å². The fraction of sp³-hybridized carbons (Fsp3) is 0.342. The summed E-state index contributed by atoms with van der Waals surface area (Å²) < 4.78 is 24.7. The van der Waals surface area contributed by atoms with Gasteiger partial charge in [0.15, 0.2) is 11.4 Å². The third-order valence-electron chi connectivity index (χ3n) is 9.19. The zero-order chi connectivity index (χ0) is 36.9. The van der Waals surface area contributed by atoms with E-state index in [1.807, 2.05) is 30.3 Å². The molecule has 1 atom stereocenters. The van der Waals surface area contributed by atoms with Gasteiger partial charge in [-0.3, -0.25) is 34.2 Å². The molecule has 15 heteroatoms. The lowest BCUT2D eigenvalue weighted by atomic mass is 10.0. The molecule has 2 N–H and O–H groups in total. The number of nitrogens with zero attached hydrogens (tertiary/aromatic N) is 4. The van der Waals surface area contributed by atoms with Crippen molar-refractivity contribution in [3.63, 3.8) is 0 Å². The van der Waals surface area contributed by atoms with E-state index in [9.17, 15) is 24.0 Å². The summed E-state index contributed by atoms with van der Waals surface area (Å²) >= 11 is 0. The Morgan fingerprint density at radius 2 is 1.72 bits per heavy atom. The lowest BCUT2D eigenvalue weighted by Gasteiger charge is -2.27. The number of imidazole rings is 1. The Bertz CT molecular complexity index is 2210. The van der Waals surface area contributed by atoms with Crippen LogP contribution in [0.2, 0.25) is 0 Å². The Hall–Kier alpha value is -6.25. The molecule has 0 saturated carbocycles. The van der Waals surface area contributed by atoms with Gasteiger partial charge in [0.2, 0.25) is 23.6 Å². The number of rotatable bonds is 16. The maximum atomic E-state index is 13.0. The number of piperidine rings is 1. The average Bonchev–Trinajstić information content (AvgIpc) is 3.84. The first-order valence-corrected chi connectivity index (χ1v) is 17.6. The molecule has 5 heterocycles. The van der Waals surface area contributed by atoms with Gasteiger partial charge in [0.05, 0.1) is 37.6 Å². The number of furan rings is 1. The number of nitrogens with one attached hydrogen (secondary N) is 2. The van der Waals surface area contributed by atoms with E-state index < -0.39 is 29.7 Å². The minimum absolute atomic E-state index is 0.0176. The summed E-state index contributed by atoms with van der Waals surface area (Å²) in [6, 6.07) is 14.8. The molecule has 274 valence electrons. The molecular weight excluding hydrogens is 684 g/mol. The second kappa shape index (κ2) is 15.6.